The molecule has 0 bridgehead atoms. The van der Waals surface area contributed by atoms with Crippen LogP contribution in [-0.2, 0) is 6.54 Å². The zero-order chi connectivity index (χ0) is 16.7. The van der Waals surface area contributed by atoms with Gasteiger partial charge in [0.05, 0.1) is 23.0 Å². The number of halogens is 2. The summed E-state index contributed by atoms with van der Waals surface area (Å²) >= 11 is 5.89. The second-order valence-corrected chi connectivity index (χ2v) is 5.77. The molecule has 0 fully saturated rings. The third kappa shape index (κ3) is 2.43. The molecule has 0 atom stereocenters. The van der Waals surface area contributed by atoms with Gasteiger partial charge in [0.1, 0.15) is 5.82 Å². The summed E-state index contributed by atoms with van der Waals surface area (Å²) in [5, 5.41) is 1.32. The van der Waals surface area contributed by atoms with Gasteiger partial charge in [0.2, 0.25) is 5.28 Å². The van der Waals surface area contributed by atoms with Crippen molar-refractivity contribution < 1.29 is 4.39 Å². The predicted molar refractivity (Wildman–Crippen MR) is 91.8 cm³/mol. The summed E-state index contributed by atoms with van der Waals surface area (Å²) in [6.07, 6.45) is 1.45. The van der Waals surface area contributed by atoms with E-state index in [-0.39, 0.29) is 16.7 Å². The molecule has 0 spiro atoms. The van der Waals surface area contributed by atoms with Crippen molar-refractivity contribution >= 4 is 33.4 Å². The Morgan fingerprint density at radius 3 is 2.58 bits per heavy atom. The maximum Gasteiger partial charge on any atom is 0.262 e. The average Bonchev–Trinajstić information content (AvgIpc) is 2.60. The molecular formula is C18H11ClFN3O. The first-order chi connectivity index (χ1) is 11.6. The number of rotatable bonds is 2. The van der Waals surface area contributed by atoms with Gasteiger partial charge in [-0.15, -0.1) is 0 Å². The standard InChI is InChI=1S/C18H11ClFN3O/c19-18-21-9-14-16(22-18)13-3-1-2-4-15(13)23(17(14)24)10-11-5-7-12(20)8-6-11/h1-9H,10H2. The summed E-state index contributed by atoms with van der Waals surface area (Å²) in [6.45, 7) is 0.332. The molecule has 0 saturated carbocycles. The molecule has 4 rings (SSSR count). The van der Waals surface area contributed by atoms with E-state index in [1.165, 1.54) is 18.3 Å². The highest BCUT2D eigenvalue weighted by atomic mass is 35.5. The second-order valence-electron chi connectivity index (χ2n) is 5.44. The molecule has 118 valence electrons. The summed E-state index contributed by atoms with van der Waals surface area (Å²) in [7, 11) is 0. The van der Waals surface area contributed by atoms with Crippen molar-refractivity contribution in [1.29, 1.82) is 0 Å². The number of para-hydroxylation sites is 1. The molecule has 2 aromatic heterocycles. The number of pyridine rings is 1. The van der Waals surface area contributed by atoms with Crippen molar-refractivity contribution in [3.05, 3.63) is 81.7 Å². The van der Waals surface area contributed by atoms with E-state index < -0.39 is 0 Å². The third-order valence-electron chi connectivity index (χ3n) is 3.94. The Morgan fingerprint density at radius 1 is 1.04 bits per heavy atom. The molecule has 0 saturated heterocycles. The highest BCUT2D eigenvalue weighted by molar-refractivity contribution is 6.28. The van der Waals surface area contributed by atoms with Gasteiger partial charge < -0.3 is 4.57 Å². The Kier molecular flexibility index (Phi) is 3.50. The van der Waals surface area contributed by atoms with Crippen LogP contribution in [0.25, 0.3) is 21.8 Å². The molecule has 0 aliphatic rings. The lowest BCUT2D eigenvalue weighted by Crippen LogP contribution is -2.22. The average molecular weight is 340 g/mol. The second kappa shape index (κ2) is 5.69. The largest absolute Gasteiger partial charge is 0.303 e. The number of benzene rings is 2. The zero-order valence-corrected chi connectivity index (χ0v) is 13.2. The molecular weight excluding hydrogens is 329 g/mol. The van der Waals surface area contributed by atoms with Gasteiger partial charge in [-0.3, -0.25) is 4.79 Å². The van der Waals surface area contributed by atoms with Gasteiger partial charge in [-0.2, -0.15) is 0 Å². The minimum absolute atomic E-state index is 0.100. The van der Waals surface area contributed by atoms with Crippen LogP contribution in [0.3, 0.4) is 0 Å². The van der Waals surface area contributed by atoms with Crippen molar-refractivity contribution in [1.82, 2.24) is 14.5 Å². The summed E-state index contributed by atoms with van der Waals surface area (Å²) < 4.78 is 14.7. The van der Waals surface area contributed by atoms with E-state index in [1.54, 1.807) is 16.7 Å². The van der Waals surface area contributed by atoms with Gasteiger partial charge in [-0.05, 0) is 35.4 Å². The lowest BCUT2D eigenvalue weighted by Gasteiger charge is -2.12. The monoisotopic (exact) mass is 339 g/mol. The van der Waals surface area contributed by atoms with Gasteiger partial charge in [0.25, 0.3) is 5.56 Å². The zero-order valence-electron chi connectivity index (χ0n) is 12.4. The van der Waals surface area contributed by atoms with Crippen molar-refractivity contribution in [2.24, 2.45) is 0 Å². The van der Waals surface area contributed by atoms with Crippen molar-refractivity contribution in [3.63, 3.8) is 0 Å². The Hall–Kier alpha value is -2.79. The fourth-order valence-corrected chi connectivity index (χ4v) is 2.95. The van der Waals surface area contributed by atoms with Crippen LogP contribution in [0.15, 0.2) is 59.5 Å². The van der Waals surface area contributed by atoms with Crippen LogP contribution in [0, 0.1) is 5.82 Å². The summed E-state index contributed by atoms with van der Waals surface area (Å²) in [5.74, 6) is -0.308. The van der Waals surface area contributed by atoms with Crippen LogP contribution in [0.5, 0.6) is 0 Å². The van der Waals surface area contributed by atoms with E-state index in [0.717, 1.165) is 16.5 Å². The third-order valence-corrected chi connectivity index (χ3v) is 4.12. The maximum atomic E-state index is 13.1. The molecule has 0 N–H and O–H groups in total. The summed E-state index contributed by atoms with van der Waals surface area (Å²) in [6, 6.07) is 13.6. The summed E-state index contributed by atoms with van der Waals surface area (Å²) in [5.41, 5.74) is 1.91. The van der Waals surface area contributed by atoms with E-state index in [4.69, 9.17) is 11.6 Å². The lowest BCUT2D eigenvalue weighted by atomic mass is 10.1. The first kappa shape index (κ1) is 14.8. The van der Waals surface area contributed by atoms with Crippen LogP contribution >= 0.6 is 11.6 Å². The van der Waals surface area contributed by atoms with Crippen LogP contribution < -0.4 is 5.56 Å². The van der Waals surface area contributed by atoms with Crippen molar-refractivity contribution in [2.45, 2.75) is 6.54 Å². The van der Waals surface area contributed by atoms with E-state index in [1.807, 2.05) is 24.3 Å². The fourth-order valence-electron chi connectivity index (χ4n) is 2.82. The normalized spacial score (nSPS) is 11.2. The van der Waals surface area contributed by atoms with Gasteiger partial charge in [-0.25, -0.2) is 14.4 Å². The quantitative estimate of drug-likeness (QED) is 0.412. The molecule has 4 aromatic rings. The molecule has 0 amide bonds. The van der Waals surface area contributed by atoms with Crippen LogP contribution in [0.4, 0.5) is 4.39 Å². The molecule has 0 aliphatic carbocycles. The van der Waals surface area contributed by atoms with E-state index in [0.29, 0.717) is 17.4 Å². The predicted octanol–water partition coefficient (Wildman–Crippen LogP) is 3.79. The highest BCUT2D eigenvalue weighted by Crippen LogP contribution is 2.22. The fraction of sp³-hybridized carbons (Fsp3) is 0.0556. The molecule has 6 heteroatoms. The highest BCUT2D eigenvalue weighted by Gasteiger charge is 2.13. The Morgan fingerprint density at radius 2 is 1.79 bits per heavy atom. The van der Waals surface area contributed by atoms with Gasteiger partial charge in [0, 0.05) is 11.6 Å². The molecule has 2 aromatic carbocycles. The molecule has 0 unspecified atom stereocenters. The number of hydrogen-bond acceptors (Lipinski definition) is 3. The minimum Gasteiger partial charge on any atom is -0.303 e. The van der Waals surface area contributed by atoms with Gasteiger partial charge in [-0.1, -0.05) is 30.3 Å². The number of aromatic nitrogens is 3. The van der Waals surface area contributed by atoms with Crippen molar-refractivity contribution in [3.8, 4) is 0 Å². The topological polar surface area (TPSA) is 47.8 Å². The van der Waals surface area contributed by atoms with E-state index in [9.17, 15) is 9.18 Å². The Bertz CT molecular complexity index is 1120. The Labute approximate surface area is 141 Å². The van der Waals surface area contributed by atoms with E-state index >= 15 is 0 Å². The number of nitrogens with zero attached hydrogens (tertiary/aromatic N) is 3. The molecule has 0 radical (unpaired) electrons. The smallest absolute Gasteiger partial charge is 0.262 e. The van der Waals surface area contributed by atoms with E-state index in [2.05, 4.69) is 9.97 Å². The minimum atomic E-state index is -0.308. The lowest BCUT2D eigenvalue weighted by molar-refractivity contribution is 0.626. The SMILES string of the molecule is O=c1c2cnc(Cl)nc2c2ccccc2n1Cc1ccc(F)cc1. The van der Waals surface area contributed by atoms with Crippen LogP contribution in [0.1, 0.15) is 5.56 Å². The van der Waals surface area contributed by atoms with Crippen LogP contribution in [-0.4, -0.2) is 14.5 Å². The maximum absolute atomic E-state index is 13.1. The molecule has 0 aliphatic heterocycles. The molecule has 24 heavy (non-hydrogen) atoms. The first-order valence-electron chi connectivity index (χ1n) is 7.32. The van der Waals surface area contributed by atoms with Gasteiger partial charge >= 0.3 is 0 Å². The first-order valence-corrected chi connectivity index (χ1v) is 7.69. The van der Waals surface area contributed by atoms with Crippen molar-refractivity contribution in [2.75, 3.05) is 0 Å². The van der Waals surface area contributed by atoms with Crippen LogP contribution in [0.2, 0.25) is 5.28 Å². The molecule has 4 nitrogen and oxygen atoms in total. The summed E-state index contributed by atoms with van der Waals surface area (Å²) in [4.78, 5) is 21.0. The number of fused-ring (bicyclic) bond motifs is 3. The number of hydrogen-bond donors (Lipinski definition) is 0. The molecule has 2 heterocycles. The Balaban J connectivity index is 2.03. The van der Waals surface area contributed by atoms with Gasteiger partial charge in [0.15, 0.2) is 0 Å².